The molecule has 0 heterocycles. The van der Waals surface area contributed by atoms with Gasteiger partial charge in [-0.05, 0) is 29.3 Å². The average Bonchev–Trinajstić information content (AvgIpc) is 2.53. The highest BCUT2D eigenvalue weighted by atomic mass is 35.5. The summed E-state index contributed by atoms with van der Waals surface area (Å²) in [6.45, 7) is 0.624. The molecule has 4 nitrogen and oxygen atoms in total. The summed E-state index contributed by atoms with van der Waals surface area (Å²) in [4.78, 5) is 13.5. The van der Waals surface area contributed by atoms with Gasteiger partial charge in [0, 0.05) is 26.2 Å². The molecule has 2 aromatic rings. The molecule has 1 amide bonds. The predicted molar refractivity (Wildman–Crippen MR) is 89.2 cm³/mol. The molecule has 0 spiro atoms. The first-order valence-corrected chi connectivity index (χ1v) is 7.33. The lowest BCUT2D eigenvalue weighted by Gasteiger charge is -2.13. The highest BCUT2D eigenvalue weighted by Crippen LogP contribution is 2.24. The van der Waals surface area contributed by atoms with Gasteiger partial charge in [-0.2, -0.15) is 0 Å². The van der Waals surface area contributed by atoms with Crippen molar-refractivity contribution in [2.45, 2.75) is 13.2 Å². The number of halogens is 1. The summed E-state index contributed by atoms with van der Waals surface area (Å²) in [7, 11) is 3.43. The first-order valence-electron chi connectivity index (χ1n) is 6.95. The van der Waals surface area contributed by atoms with E-state index in [-0.39, 0.29) is 12.5 Å². The molecule has 2 N–H and O–H groups in total. The van der Waals surface area contributed by atoms with Crippen LogP contribution in [-0.4, -0.2) is 30.0 Å². The molecule has 0 saturated carbocycles. The van der Waals surface area contributed by atoms with Crippen LogP contribution < -0.4 is 5.32 Å². The molecule has 0 atom stereocenters. The van der Waals surface area contributed by atoms with Crippen LogP contribution in [0.2, 0.25) is 5.02 Å². The van der Waals surface area contributed by atoms with Gasteiger partial charge in [-0.25, -0.2) is 0 Å². The fourth-order valence-corrected chi connectivity index (χ4v) is 2.20. The number of rotatable bonds is 5. The minimum Gasteiger partial charge on any atom is -0.392 e. The lowest BCUT2D eigenvalue weighted by atomic mass is 10.1. The number of hydrogen-bond acceptors (Lipinski definition) is 3. The Labute approximate surface area is 135 Å². The fourth-order valence-electron chi connectivity index (χ4n) is 2.01. The van der Waals surface area contributed by atoms with Crippen LogP contribution in [0.1, 0.15) is 21.5 Å². The van der Waals surface area contributed by atoms with E-state index in [0.29, 0.717) is 17.1 Å². The molecule has 0 unspecified atom stereocenters. The second-order valence-electron chi connectivity index (χ2n) is 5.22. The molecule has 2 aromatic carbocycles. The van der Waals surface area contributed by atoms with Crippen LogP contribution in [0.4, 0.5) is 5.69 Å². The maximum absolute atomic E-state index is 12.0. The maximum atomic E-state index is 12.0. The predicted octanol–water partition coefficient (Wildman–Crippen LogP) is 3.15. The molecule has 116 valence electrons. The Bertz CT molecular complexity index is 654. The normalized spacial score (nSPS) is 10.4. The first kappa shape index (κ1) is 16.3. The van der Waals surface area contributed by atoms with Gasteiger partial charge >= 0.3 is 0 Å². The summed E-state index contributed by atoms with van der Waals surface area (Å²) in [5.74, 6) is -0.0629. The summed E-state index contributed by atoms with van der Waals surface area (Å²) in [6.07, 6.45) is 0. The smallest absolute Gasteiger partial charge is 0.253 e. The number of benzene rings is 2. The number of aliphatic hydroxyl groups is 1. The SMILES string of the molecule is CN(C)C(=O)c1ccc(Cl)c(NCc2ccc(CO)cc2)c1. The van der Waals surface area contributed by atoms with E-state index in [1.165, 1.54) is 4.90 Å². The van der Waals surface area contributed by atoms with Crippen molar-refractivity contribution in [1.29, 1.82) is 0 Å². The number of hydrogen-bond donors (Lipinski definition) is 2. The van der Waals surface area contributed by atoms with Gasteiger partial charge in [-0.3, -0.25) is 4.79 Å². The highest BCUT2D eigenvalue weighted by Gasteiger charge is 2.10. The Morgan fingerprint density at radius 2 is 1.77 bits per heavy atom. The minimum absolute atomic E-state index is 0.0359. The van der Waals surface area contributed by atoms with Crippen LogP contribution in [0.25, 0.3) is 0 Å². The molecule has 0 aliphatic heterocycles. The largest absolute Gasteiger partial charge is 0.392 e. The molecule has 0 fully saturated rings. The first-order chi connectivity index (χ1) is 10.5. The minimum atomic E-state index is -0.0629. The molecule has 0 bridgehead atoms. The second-order valence-corrected chi connectivity index (χ2v) is 5.63. The van der Waals surface area contributed by atoms with Crippen molar-refractivity contribution in [3.63, 3.8) is 0 Å². The summed E-state index contributed by atoms with van der Waals surface area (Å²) in [5, 5.41) is 12.8. The van der Waals surface area contributed by atoms with Crippen LogP contribution in [0.5, 0.6) is 0 Å². The van der Waals surface area contributed by atoms with Crippen LogP contribution in [-0.2, 0) is 13.2 Å². The highest BCUT2D eigenvalue weighted by molar-refractivity contribution is 6.33. The van der Waals surface area contributed by atoms with Gasteiger partial charge in [0.1, 0.15) is 0 Å². The zero-order valence-electron chi connectivity index (χ0n) is 12.6. The lowest BCUT2D eigenvalue weighted by molar-refractivity contribution is 0.0827. The summed E-state index contributed by atoms with van der Waals surface area (Å²) in [6, 6.07) is 12.8. The lowest BCUT2D eigenvalue weighted by Crippen LogP contribution is -2.21. The monoisotopic (exact) mass is 318 g/mol. The fraction of sp³-hybridized carbons (Fsp3) is 0.235. The maximum Gasteiger partial charge on any atom is 0.253 e. The summed E-state index contributed by atoms with van der Waals surface area (Å²) >= 11 is 6.17. The summed E-state index contributed by atoms with van der Waals surface area (Å²) in [5.41, 5.74) is 3.26. The number of nitrogens with zero attached hydrogens (tertiary/aromatic N) is 1. The molecule has 22 heavy (non-hydrogen) atoms. The second kappa shape index (κ2) is 7.29. The van der Waals surface area contributed by atoms with Gasteiger partial charge in [-0.1, -0.05) is 35.9 Å². The number of nitrogens with one attached hydrogen (secondary N) is 1. The van der Waals surface area contributed by atoms with Crippen molar-refractivity contribution in [3.05, 3.63) is 64.2 Å². The summed E-state index contributed by atoms with van der Waals surface area (Å²) < 4.78 is 0. The van der Waals surface area contributed by atoms with Crippen molar-refractivity contribution in [1.82, 2.24) is 4.90 Å². The van der Waals surface area contributed by atoms with Crippen LogP contribution in [0.15, 0.2) is 42.5 Å². The van der Waals surface area contributed by atoms with E-state index in [1.807, 2.05) is 24.3 Å². The number of amides is 1. The Kier molecular flexibility index (Phi) is 5.41. The molecular formula is C17H19ClN2O2. The van der Waals surface area contributed by atoms with Crippen LogP contribution >= 0.6 is 11.6 Å². The van der Waals surface area contributed by atoms with Crippen molar-refractivity contribution in [3.8, 4) is 0 Å². The number of anilines is 1. The van der Waals surface area contributed by atoms with Gasteiger partial charge in [0.25, 0.3) is 5.91 Å². The third-order valence-corrected chi connectivity index (χ3v) is 3.64. The topological polar surface area (TPSA) is 52.6 Å². The zero-order valence-corrected chi connectivity index (χ0v) is 13.4. The zero-order chi connectivity index (χ0) is 16.1. The van der Waals surface area contributed by atoms with E-state index in [2.05, 4.69) is 5.32 Å². The van der Waals surface area contributed by atoms with E-state index in [4.69, 9.17) is 16.7 Å². The van der Waals surface area contributed by atoms with E-state index in [1.54, 1.807) is 32.3 Å². The Morgan fingerprint density at radius 3 is 2.36 bits per heavy atom. The van der Waals surface area contributed by atoms with Crippen molar-refractivity contribution in [2.24, 2.45) is 0 Å². The molecule has 2 rings (SSSR count). The molecule has 0 aliphatic carbocycles. The van der Waals surface area contributed by atoms with Crippen molar-refractivity contribution < 1.29 is 9.90 Å². The van der Waals surface area contributed by atoms with Crippen LogP contribution in [0.3, 0.4) is 0 Å². The number of carbonyl (C=O) groups excluding carboxylic acids is 1. The van der Waals surface area contributed by atoms with Crippen molar-refractivity contribution >= 4 is 23.2 Å². The van der Waals surface area contributed by atoms with Crippen LogP contribution in [0, 0.1) is 0 Å². The molecular weight excluding hydrogens is 300 g/mol. The van der Waals surface area contributed by atoms with E-state index in [9.17, 15) is 4.79 Å². The van der Waals surface area contributed by atoms with Gasteiger partial charge < -0.3 is 15.3 Å². The third kappa shape index (κ3) is 4.00. The van der Waals surface area contributed by atoms with Gasteiger partial charge in [-0.15, -0.1) is 0 Å². The number of carbonyl (C=O) groups is 1. The van der Waals surface area contributed by atoms with Gasteiger partial charge in [0.2, 0.25) is 0 Å². The van der Waals surface area contributed by atoms with Gasteiger partial charge in [0.15, 0.2) is 0 Å². The molecule has 0 aromatic heterocycles. The van der Waals surface area contributed by atoms with Crippen molar-refractivity contribution in [2.75, 3.05) is 19.4 Å². The standard InChI is InChI=1S/C17H19ClN2O2/c1-20(2)17(22)14-7-8-15(18)16(9-14)19-10-12-3-5-13(11-21)6-4-12/h3-9,19,21H,10-11H2,1-2H3. The Balaban J connectivity index is 2.11. The Hall–Kier alpha value is -2.04. The van der Waals surface area contributed by atoms with E-state index in [0.717, 1.165) is 16.8 Å². The Morgan fingerprint density at radius 1 is 1.14 bits per heavy atom. The van der Waals surface area contributed by atoms with E-state index < -0.39 is 0 Å². The molecule has 0 saturated heterocycles. The molecule has 5 heteroatoms. The van der Waals surface area contributed by atoms with Gasteiger partial charge in [0.05, 0.1) is 17.3 Å². The van der Waals surface area contributed by atoms with E-state index >= 15 is 0 Å². The molecule has 0 radical (unpaired) electrons. The third-order valence-electron chi connectivity index (χ3n) is 3.31. The number of aliphatic hydroxyl groups excluding tert-OH is 1. The molecule has 0 aliphatic rings. The quantitative estimate of drug-likeness (QED) is 0.890. The average molecular weight is 319 g/mol.